The predicted octanol–water partition coefficient (Wildman–Crippen LogP) is 7.78. The minimum atomic E-state index is 0.189. The van der Waals surface area contributed by atoms with Gasteiger partial charge in [-0.2, -0.15) is 0 Å². The molecule has 0 amide bonds. The third kappa shape index (κ3) is 13.7. The van der Waals surface area contributed by atoms with E-state index in [1.807, 2.05) is 24.3 Å². The standard InChI is InChI=1S/C46H54N2O5/c1-3-43-37-50-27-17-5-6-18-28-51-38-44(4-2)48(34-40-21-11-8-12-22-40)36-42-24-14-16-26-46(42)53-32-30-49-29-31-52-45-25-15-13-23-41(45)35-47(43)33-39-19-9-7-10-20-39/h7-16,19-26,43-44H,3-4,27-38H2,1-2H3/t43-,44-/m1/s1. The van der Waals surface area contributed by atoms with E-state index in [2.05, 4.69) is 132 Å². The van der Waals surface area contributed by atoms with Gasteiger partial charge in [-0.25, -0.2) is 0 Å². The summed E-state index contributed by atoms with van der Waals surface area (Å²) in [6.45, 7) is 11.0. The number of fused-ring (bicyclic) bond motifs is 2. The van der Waals surface area contributed by atoms with E-state index < -0.39 is 0 Å². The van der Waals surface area contributed by atoms with Crippen LogP contribution in [-0.2, 0) is 40.4 Å². The molecule has 0 aromatic heterocycles. The van der Waals surface area contributed by atoms with E-state index in [1.165, 1.54) is 11.1 Å². The summed E-state index contributed by atoms with van der Waals surface area (Å²) in [6.07, 6.45) is 1.87. The molecule has 1 aliphatic heterocycles. The monoisotopic (exact) mass is 714 g/mol. The fourth-order valence-corrected chi connectivity index (χ4v) is 6.39. The fourth-order valence-electron chi connectivity index (χ4n) is 6.39. The maximum Gasteiger partial charge on any atom is 0.123 e. The molecule has 1 heterocycles. The van der Waals surface area contributed by atoms with Crippen molar-refractivity contribution in [2.75, 3.05) is 52.9 Å². The largest absolute Gasteiger partial charge is 0.491 e. The average molecular weight is 715 g/mol. The highest BCUT2D eigenvalue weighted by molar-refractivity contribution is 5.34. The van der Waals surface area contributed by atoms with Gasteiger partial charge in [0.05, 0.1) is 26.4 Å². The molecule has 0 aliphatic carbocycles. The Bertz CT molecular complexity index is 1610. The lowest BCUT2D eigenvalue weighted by Gasteiger charge is -2.31. The minimum Gasteiger partial charge on any atom is -0.491 e. The molecular weight excluding hydrogens is 661 g/mol. The quantitative estimate of drug-likeness (QED) is 0.189. The molecule has 278 valence electrons. The Morgan fingerprint density at radius 2 is 0.925 bits per heavy atom. The van der Waals surface area contributed by atoms with Crippen molar-refractivity contribution in [3.05, 3.63) is 131 Å². The van der Waals surface area contributed by atoms with E-state index in [0.717, 1.165) is 61.6 Å². The number of nitrogens with zero attached hydrogens (tertiary/aromatic N) is 2. The normalized spacial score (nSPS) is 19.0. The van der Waals surface area contributed by atoms with Gasteiger partial charge in [0.15, 0.2) is 0 Å². The Morgan fingerprint density at radius 1 is 0.509 bits per heavy atom. The molecule has 5 rings (SSSR count). The molecule has 0 saturated carbocycles. The summed E-state index contributed by atoms with van der Waals surface area (Å²) in [5.74, 6) is 13.8. The lowest BCUT2D eigenvalue weighted by Crippen LogP contribution is -2.37. The zero-order valence-electron chi connectivity index (χ0n) is 31.4. The number of hydrogen-bond donors (Lipinski definition) is 0. The zero-order chi connectivity index (χ0) is 36.8. The highest BCUT2D eigenvalue weighted by atomic mass is 16.5. The molecule has 0 bridgehead atoms. The van der Waals surface area contributed by atoms with Gasteiger partial charge in [0, 0.05) is 49.4 Å². The highest BCUT2D eigenvalue weighted by Crippen LogP contribution is 2.25. The van der Waals surface area contributed by atoms with Gasteiger partial charge in [0.1, 0.15) is 37.9 Å². The Balaban J connectivity index is 1.30. The predicted molar refractivity (Wildman–Crippen MR) is 211 cm³/mol. The average Bonchev–Trinajstić information content (AvgIpc) is 3.19. The number of rotatable bonds is 6. The molecule has 53 heavy (non-hydrogen) atoms. The number of ether oxygens (including phenoxy) is 5. The van der Waals surface area contributed by atoms with Crippen LogP contribution in [0.5, 0.6) is 11.5 Å². The van der Waals surface area contributed by atoms with Crippen LogP contribution in [0.3, 0.4) is 0 Å². The van der Waals surface area contributed by atoms with Crippen molar-refractivity contribution in [1.82, 2.24) is 9.80 Å². The minimum absolute atomic E-state index is 0.189. The first kappa shape index (κ1) is 39.6. The Morgan fingerprint density at radius 3 is 1.36 bits per heavy atom. The Labute approximate surface area is 317 Å². The number of hydrogen-bond acceptors (Lipinski definition) is 7. The van der Waals surface area contributed by atoms with Crippen molar-refractivity contribution < 1.29 is 23.7 Å². The SMILES string of the molecule is CC[C@@H]1COCC#CC#CCOC[C@@H](CC)N(Cc2ccccc2)Cc2ccccc2OCCOCCOc2ccccc2CN1Cc1ccccc1. The summed E-state index contributed by atoms with van der Waals surface area (Å²) in [5, 5.41) is 0. The second kappa shape index (κ2) is 23.1. The van der Waals surface area contributed by atoms with Crippen LogP contribution in [0.4, 0.5) is 0 Å². The van der Waals surface area contributed by atoms with E-state index in [9.17, 15) is 0 Å². The molecule has 0 fully saturated rings. The van der Waals surface area contributed by atoms with Gasteiger partial charge < -0.3 is 23.7 Å². The molecule has 7 nitrogen and oxygen atoms in total. The van der Waals surface area contributed by atoms with Gasteiger partial charge in [0.2, 0.25) is 0 Å². The Kier molecular flexibility index (Phi) is 17.3. The maximum absolute atomic E-state index is 6.29. The van der Waals surface area contributed by atoms with Crippen molar-refractivity contribution in [2.45, 2.75) is 65.0 Å². The van der Waals surface area contributed by atoms with Gasteiger partial charge in [-0.1, -0.05) is 123 Å². The van der Waals surface area contributed by atoms with Crippen molar-refractivity contribution in [2.24, 2.45) is 0 Å². The summed E-state index contributed by atoms with van der Waals surface area (Å²) in [4.78, 5) is 4.93. The van der Waals surface area contributed by atoms with Crippen LogP contribution < -0.4 is 9.47 Å². The molecular formula is C46H54N2O5. The number of para-hydroxylation sites is 2. The van der Waals surface area contributed by atoms with Gasteiger partial charge in [-0.3, -0.25) is 9.80 Å². The maximum atomic E-state index is 6.29. The van der Waals surface area contributed by atoms with Crippen molar-refractivity contribution in [1.29, 1.82) is 0 Å². The van der Waals surface area contributed by atoms with Gasteiger partial charge in [0.25, 0.3) is 0 Å². The van der Waals surface area contributed by atoms with Crippen LogP contribution >= 0.6 is 0 Å². The topological polar surface area (TPSA) is 52.6 Å². The summed E-state index contributed by atoms with van der Waals surface area (Å²) < 4.78 is 30.8. The van der Waals surface area contributed by atoms with Crippen molar-refractivity contribution in [3.63, 3.8) is 0 Å². The first-order valence-electron chi connectivity index (χ1n) is 18.9. The highest BCUT2D eigenvalue weighted by Gasteiger charge is 2.21. The lowest BCUT2D eigenvalue weighted by molar-refractivity contribution is 0.0611. The molecule has 7 heteroatoms. The molecule has 0 N–H and O–H groups in total. The van der Waals surface area contributed by atoms with Gasteiger partial charge >= 0.3 is 0 Å². The first-order valence-corrected chi connectivity index (χ1v) is 18.9. The molecule has 2 atom stereocenters. The lowest BCUT2D eigenvalue weighted by atomic mass is 10.1. The summed E-state index contributed by atoms with van der Waals surface area (Å²) >= 11 is 0. The molecule has 4 aromatic rings. The first-order chi connectivity index (χ1) is 26.2. The van der Waals surface area contributed by atoms with Gasteiger partial charge in [-0.05, 0) is 47.9 Å². The summed E-state index contributed by atoms with van der Waals surface area (Å²) in [5.41, 5.74) is 4.76. The second-order valence-corrected chi connectivity index (χ2v) is 13.1. The van der Waals surface area contributed by atoms with E-state index >= 15 is 0 Å². The van der Waals surface area contributed by atoms with Crippen LogP contribution in [0.15, 0.2) is 109 Å². The summed E-state index contributed by atoms with van der Waals surface area (Å²) in [7, 11) is 0. The zero-order valence-corrected chi connectivity index (χ0v) is 31.4. The molecule has 4 aromatic carbocycles. The molecule has 0 radical (unpaired) electrons. The Hall–Kier alpha value is -4.60. The smallest absolute Gasteiger partial charge is 0.123 e. The van der Waals surface area contributed by atoms with Crippen LogP contribution in [0, 0.1) is 23.7 Å². The van der Waals surface area contributed by atoms with Crippen molar-refractivity contribution in [3.8, 4) is 35.2 Å². The van der Waals surface area contributed by atoms with Crippen molar-refractivity contribution >= 4 is 0 Å². The van der Waals surface area contributed by atoms with Gasteiger partial charge in [-0.15, -0.1) is 0 Å². The fraction of sp³-hybridized carbons (Fsp3) is 0.391. The van der Waals surface area contributed by atoms with E-state index in [0.29, 0.717) is 52.9 Å². The van der Waals surface area contributed by atoms with Crippen LogP contribution in [0.1, 0.15) is 48.9 Å². The third-order valence-corrected chi connectivity index (χ3v) is 9.30. The molecule has 0 unspecified atom stereocenters. The third-order valence-electron chi connectivity index (χ3n) is 9.30. The van der Waals surface area contributed by atoms with Crippen LogP contribution in [0.25, 0.3) is 0 Å². The number of benzene rings is 4. The summed E-state index contributed by atoms with van der Waals surface area (Å²) in [6, 6.07) is 38.0. The molecule has 0 spiro atoms. The molecule has 0 saturated heterocycles. The molecule has 1 aliphatic rings. The van der Waals surface area contributed by atoms with E-state index in [4.69, 9.17) is 23.7 Å². The van der Waals surface area contributed by atoms with E-state index in [-0.39, 0.29) is 12.1 Å². The van der Waals surface area contributed by atoms with Crippen LogP contribution in [0.2, 0.25) is 0 Å². The van der Waals surface area contributed by atoms with Crippen LogP contribution in [-0.4, -0.2) is 74.7 Å². The van der Waals surface area contributed by atoms with E-state index in [1.54, 1.807) is 0 Å². The second-order valence-electron chi connectivity index (χ2n) is 13.1.